The van der Waals surface area contributed by atoms with Crippen LogP contribution in [0.3, 0.4) is 0 Å². The third-order valence-electron chi connectivity index (χ3n) is 1.69. The van der Waals surface area contributed by atoms with Crippen molar-refractivity contribution >= 4 is 11.9 Å². The Hall–Kier alpha value is -1.64. The number of hydrogen-bond donors (Lipinski definition) is 0. The summed E-state index contributed by atoms with van der Waals surface area (Å²) in [6.45, 7) is 1.45. The summed E-state index contributed by atoms with van der Waals surface area (Å²) in [5.41, 5.74) is 0.684. The van der Waals surface area contributed by atoms with E-state index in [2.05, 4.69) is 0 Å². The van der Waals surface area contributed by atoms with Gasteiger partial charge in [-0.3, -0.25) is 4.79 Å². The van der Waals surface area contributed by atoms with Crippen molar-refractivity contribution < 1.29 is 13.9 Å². The molecule has 0 amide bonds. The standard InChI is InChI=1S/C11H11FO2/c1-8(13)3-4-9-5-6-10(12)7-11(9)14-2/h3-7H,1-2H3/b4-3+. The quantitative estimate of drug-likeness (QED) is 0.691. The van der Waals surface area contributed by atoms with Gasteiger partial charge in [0.05, 0.1) is 7.11 Å². The molecule has 0 aromatic heterocycles. The fourth-order valence-corrected chi connectivity index (χ4v) is 1.03. The molecule has 2 nitrogen and oxygen atoms in total. The Labute approximate surface area is 82.0 Å². The second-order valence-corrected chi connectivity index (χ2v) is 2.83. The first-order valence-electron chi connectivity index (χ1n) is 4.15. The Morgan fingerprint density at radius 3 is 2.79 bits per heavy atom. The summed E-state index contributed by atoms with van der Waals surface area (Å²) in [7, 11) is 1.46. The lowest BCUT2D eigenvalue weighted by atomic mass is 10.1. The van der Waals surface area contributed by atoms with Crippen molar-refractivity contribution in [1.29, 1.82) is 0 Å². The maximum atomic E-state index is 12.8. The third kappa shape index (κ3) is 2.69. The Morgan fingerprint density at radius 1 is 1.50 bits per heavy atom. The van der Waals surface area contributed by atoms with Crippen molar-refractivity contribution in [2.24, 2.45) is 0 Å². The van der Waals surface area contributed by atoms with E-state index in [1.807, 2.05) is 0 Å². The van der Waals surface area contributed by atoms with Gasteiger partial charge in [-0.2, -0.15) is 0 Å². The summed E-state index contributed by atoms with van der Waals surface area (Å²) in [5.74, 6) is 0.000651. The number of carbonyl (C=O) groups excluding carboxylic acids is 1. The van der Waals surface area contributed by atoms with E-state index in [1.165, 1.54) is 32.2 Å². The zero-order valence-electron chi connectivity index (χ0n) is 8.08. The lowest BCUT2D eigenvalue weighted by Gasteiger charge is -2.03. The molecule has 0 aliphatic rings. The molecule has 1 rings (SSSR count). The van der Waals surface area contributed by atoms with Crippen molar-refractivity contribution in [2.45, 2.75) is 6.92 Å². The van der Waals surface area contributed by atoms with E-state index in [0.29, 0.717) is 11.3 Å². The fourth-order valence-electron chi connectivity index (χ4n) is 1.03. The van der Waals surface area contributed by atoms with Gasteiger partial charge in [-0.05, 0) is 31.2 Å². The highest BCUT2D eigenvalue weighted by molar-refractivity contribution is 5.91. The van der Waals surface area contributed by atoms with Crippen molar-refractivity contribution in [3.8, 4) is 5.75 Å². The number of carbonyl (C=O) groups is 1. The molecule has 0 saturated heterocycles. The summed E-state index contributed by atoms with van der Waals surface area (Å²) in [5, 5.41) is 0. The monoisotopic (exact) mass is 194 g/mol. The molecule has 0 aliphatic carbocycles. The van der Waals surface area contributed by atoms with Crippen LogP contribution in [0.2, 0.25) is 0 Å². The minimum absolute atomic E-state index is 0.0589. The van der Waals surface area contributed by atoms with Crippen LogP contribution in [0.5, 0.6) is 5.75 Å². The number of ether oxygens (including phenoxy) is 1. The van der Waals surface area contributed by atoms with E-state index in [-0.39, 0.29) is 11.6 Å². The molecule has 74 valence electrons. The molecule has 0 radical (unpaired) electrons. The number of benzene rings is 1. The van der Waals surface area contributed by atoms with Crippen molar-refractivity contribution in [3.05, 3.63) is 35.7 Å². The highest BCUT2D eigenvalue weighted by Gasteiger charge is 2.00. The highest BCUT2D eigenvalue weighted by Crippen LogP contribution is 2.20. The molecule has 1 aromatic carbocycles. The van der Waals surface area contributed by atoms with Gasteiger partial charge in [0.1, 0.15) is 11.6 Å². The second-order valence-electron chi connectivity index (χ2n) is 2.83. The summed E-state index contributed by atoms with van der Waals surface area (Å²) in [4.78, 5) is 10.7. The molecule has 0 heterocycles. The molecule has 0 saturated carbocycles. The van der Waals surface area contributed by atoms with Gasteiger partial charge in [0.15, 0.2) is 5.78 Å². The zero-order chi connectivity index (χ0) is 10.6. The minimum atomic E-state index is -0.359. The number of halogens is 1. The molecule has 0 bridgehead atoms. The molecule has 0 fully saturated rings. The SMILES string of the molecule is COc1cc(F)ccc1/C=C/C(C)=O. The summed E-state index contributed by atoms with van der Waals surface area (Å²) < 4.78 is 17.7. The second kappa shape index (κ2) is 4.56. The van der Waals surface area contributed by atoms with Gasteiger partial charge in [0.25, 0.3) is 0 Å². The van der Waals surface area contributed by atoms with E-state index in [1.54, 1.807) is 12.1 Å². The average molecular weight is 194 g/mol. The van der Waals surface area contributed by atoms with Crippen LogP contribution in [-0.4, -0.2) is 12.9 Å². The highest BCUT2D eigenvalue weighted by atomic mass is 19.1. The van der Waals surface area contributed by atoms with Gasteiger partial charge in [0, 0.05) is 11.6 Å². The first kappa shape index (κ1) is 10.4. The maximum absolute atomic E-state index is 12.8. The zero-order valence-corrected chi connectivity index (χ0v) is 8.08. The smallest absolute Gasteiger partial charge is 0.152 e. The van der Waals surface area contributed by atoms with Gasteiger partial charge >= 0.3 is 0 Å². The first-order valence-corrected chi connectivity index (χ1v) is 4.15. The van der Waals surface area contributed by atoms with E-state index in [4.69, 9.17) is 4.74 Å². The largest absolute Gasteiger partial charge is 0.496 e. The van der Waals surface area contributed by atoms with Crippen LogP contribution in [-0.2, 0) is 4.79 Å². The van der Waals surface area contributed by atoms with Crippen LogP contribution in [0.4, 0.5) is 4.39 Å². The van der Waals surface area contributed by atoms with Crippen LogP contribution in [0.25, 0.3) is 6.08 Å². The Kier molecular flexibility index (Phi) is 3.40. The number of ketones is 1. The van der Waals surface area contributed by atoms with E-state index in [0.717, 1.165) is 0 Å². The molecule has 0 N–H and O–H groups in total. The fraction of sp³-hybridized carbons (Fsp3) is 0.182. The Balaban J connectivity index is 3.02. The van der Waals surface area contributed by atoms with Crippen LogP contribution >= 0.6 is 0 Å². The number of rotatable bonds is 3. The lowest BCUT2D eigenvalue weighted by molar-refractivity contribution is -0.112. The Morgan fingerprint density at radius 2 is 2.21 bits per heavy atom. The topological polar surface area (TPSA) is 26.3 Å². The average Bonchev–Trinajstić information content (AvgIpc) is 2.15. The summed E-state index contributed by atoms with van der Waals surface area (Å²) in [6.07, 6.45) is 3.01. The third-order valence-corrected chi connectivity index (χ3v) is 1.69. The van der Waals surface area contributed by atoms with Gasteiger partial charge in [-0.1, -0.05) is 0 Å². The van der Waals surface area contributed by atoms with Crippen LogP contribution < -0.4 is 4.74 Å². The van der Waals surface area contributed by atoms with Crippen molar-refractivity contribution in [2.75, 3.05) is 7.11 Å². The Bertz CT molecular complexity index is 370. The van der Waals surface area contributed by atoms with Crippen LogP contribution in [0.1, 0.15) is 12.5 Å². The molecule has 0 unspecified atom stereocenters. The van der Waals surface area contributed by atoms with Gasteiger partial charge in [0.2, 0.25) is 0 Å². The van der Waals surface area contributed by atoms with Crippen molar-refractivity contribution in [1.82, 2.24) is 0 Å². The molecule has 3 heteroatoms. The molecule has 14 heavy (non-hydrogen) atoms. The van der Waals surface area contributed by atoms with E-state index >= 15 is 0 Å². The number of hydrogen-bond acceptors (Lipinski definition) is 2. The predicted molar refractivity (Wildman–Crippen MR) is 52.7 cm³/mol. The summed E-state index contributed by atoms with van der Waals surface area (Å²) in [6, 6.07) is 4.16. The van der Waals surface area contributed by atoms with Gasteiger partial charge in [-0.25, -0.2) is 4.39 Å². The van der Waals surface area contributed by atoms with Crippen LogP contribution in [0, 0.1) is 5.82 Å². The molecular weight excluding hydrogens is 183 g/mol. The minimum Gasteiger partial charge on any atom is -0.496 e. The van der Waals surface area contributed by atoms with Crippen molar-refractivity contribution in [3.63, 3.8) is 0 Å². The normalized spacial score (nSPS) is 10.5. The molecule has 0 atom stereocenters. The van der Waals surface area contributed by atoms with E-state index in [9.17, 15) is 9.18 Å². The first-order chi connectivity index (χ1) is 6.63. The maximum Gasteiger partial charge on any atom is 0.152 e. The number of allylic oxidation sites excluding steroid dienone is 1. The number of methoxy groups -OCH3 is 1. The predicted octanol–water partition coefficient (Wildman–Crippen LogP) is 2.44. The van der Waals surface area contributed by atoms with E-state index < -0.39 is 0 Å². The lowest BCUT2D eigenvalue weighted by Crippen LogP contribution is -1.89. The molecular formula is C11H11FO2. The molecule has 1 aromatic rings. The summed E-state index contributed by atoms with van der Waals surface area (Å²) >= 11 is 0. The van der Waals surface area contributed by atoms with Gasteiger partial charge < -0.3 is 4.74 Å². The van der Waals surface area contributed by atoms with Gasteiger partial charge in [-0.15, -0.1) is 0 Å². The molecule has 0 spiro atoms. The van der Waals surface area contributed by atoms with Crippen LogP contribution in [0.15, 0.2) is 24.3 Å². The molecule has 0 aliphatic heterocycles.